The van der Waals surface area contributed by atoms with Gasteiger partial charge in [0.15, 0.2) is 0 Å². The minimum atomic E-state index is -0.647. The fourth-order valence-corrected chi connectivity index (χ4v) is 3.17. The number of benzene rings is 3. The van der Waals surface area contributed by atoms with Gasteiger partial charge < -0.3 is 10.4 Å². The minimum absolute atomic E-state index is 0.0123. The van der Waals surface area contributed by atoms with Gasteiger partial charge in [0.25, 0.3) is 11.8 Å². The Labute approximate surface area is 201 Å². The van der Waals surface area contributed by atoms with Gasteiger partial charge in [0, 0.05) is 21.2 Å². The van der Waals surface area contributed by atoms with Gasteiger partial charge in [-0.05, 0) is 67.4 Å². The highest BCUT2D eigenvalue weighted by Crippen LogP contribution is 2.26. The van der Waals surface area contributed by atoms with Crippen LogP contribution >= 0.6 is 23.2 Å². The molecule has 0 aliphatic rings. The van der Waals surface area contributed by atoms with Crippen molar-refractivity contribution in [1.29, 1.82) is 0 Å². The Kier molecular flexibility index (Phi) is 7.87. The van der Waals surface area contributed by atoms with E-state index in [-0.39, 0.29) is 11.4 Å². The lowest BCUT2D eigenvalue weighted by atomic mass is 10.1. The largest absolute Gasteiger partial charge is 0.507 e. The first-order valence-corrected chi connectivity index (χ1v) is 10.7. The van der Waals surface area contributed by atoms with Crippen molar-refractivity contribution in [2.75, 3.05) is 0 Å². The summed E-state index contributed by atoms with van der Waals surface area (Å²) in [5.41, 5.74) is 4.87. The van der Waals surface area contributed by atoms with E-state index in [4.69, 9.17) is 23.2 Å². The molecule has 3 aromatic rings. The second-order valence-electron chi connectivity index (χ2n) is 7.19. The first-order chi connectivity index (χ1) is 15.7. The average molecular weight is 482 g/mol. The number of rotatable bonds is 6. The number of nitrogens with one attached hydrogen (secondary N) is 2. The number of aryl methyl sites for hydroxylation is 1. The molecule has 0 aliphatic carbocycles. The summed E-state index contributed by atoms with van der Waals surface area (Å²) in [7, 11) is 0. The SMILES string of the molecule is C/C(=N/NC(=O)/C(=C/c1ccc(Cl)cc1)NC(=O)c1ccccc1)c1cc(Cl)c(C)cc1O. The molecule has 0 radical (unpaired) electrons. The van der Waals surface area contributed by atoms with Gasteiger partial charge >= 0.3 is 0 Å². The molecule has 0 saturated heterocycles. The normalized spacial score (nSPS) is 11.8. The number of amides is 2. The second-order valence-corrected chi connectivity index (χ2v) is 8.03. The molecule has 3 rings (SSSR count). The minimum Gasteiger partial charge on any atom is -0.507 e. The zero-order valence-corrected chi connectivity index (χ0v) is 19.4. The predicted octanol–water partition coefficient (Wildman–Crippen LogP) is 5.32. The number of nitrogens with zero attached hydrogens (tertiary/aromatic N) is 1. The number of hydrogen-bond donors (Lipinski definition) is 3. The topological polar surface area (TPSA) is 90.8 Å². The number of phenols is 1. The van der Waals surface area contributed by atoms with Gasteiger partial charge in [-0.15, -0.1) is 0 Å². The number of aromatic hydroxyl groups is 1. The summed E-state index contributed by atoms with van der Waals surface area (Å²) in [5, 5.41) is 17.9. The Bertz CT molecular complexity index is 1240. The van der Waals surface area contributed by atoms with E-state index in [1.54, 1.807) is 74.5 Å². The van der Waals surface area contributed by atoms with Gasteiger partial charge in [-0.2, -0.15) is 5.10 Å². The molecule has 0 atom stereocenters. The van der Waals surface area contributed by atoms with Crippen LogP contribution in [-0.4, -0.2) is 22.6 Å². The molecule has 168 valence electrons. The van der Waals surface area contributed by atoms with Crippen LogP contribution < -0.4 is 10.7 Å². The lowest BCUT2D eigenvalue weighted by Crippen LogP contribution is -2.33. The van der Waals surface area contributed by atoms with Crippen molar-refractivity contribution < 1.29 is 14.7 Å². The summed E-state index contributed by atoms with van der Waals surface area (Å²) in [6, 6.07) is 18.4. The van der Waals surface area contributed by atoms with Crippen LogP contribution in [0, 0.1) is 6.92 Å². The molecule has 0 aliphatic heterocycles. The highest BCUT2D eigenvalue weighted by atomic mass is 35.5. The fourth-order valence-electron chi connectivity index (χ4n) is 2.88. The molecule has 0 fully saturated rings. The van der Waals surface area contributed by atoms with E-state index in [0.29, 0.717) is 38.0 Å². The van der Waals surface area contributed by atoms with Crippen LogP contribution in [0.5, 0.6) is 5.75 Å². The number of carbonyl (C=O) groups excluding carboxylic acids is 2. The van der Waals surface area contributed by atoms with Gasteiger partial charge in [0.05, 0.1) is 5.71 Å². The molecule has 0 spiro atoms. The van der Waals surface area contributed by atoms with Crippen LogP contribution in [0.25, 0.3) is 6.08 Å². The molecule has 33 heavy (non-hydrogen) atoms. The maximum absolute atomic E-state index is 12.9. The standard InChI is InChI=1S/C25H21Cl2N3O3/c1-15-12-23(31)20(14-21(15)27)16(2)29-30-25(33)22(13-17-8-10-19(26)11-9-17)28-24(32)18-6-4-3-5-7-18/h3-14,31H,1-2H3,(H,28,32)(H,30,33)/b22-13-,29-16-. The molecule has 8 heteroatoms. The van der Waals surface area contributed by atoms with Gasteiger partial charge in [-0.1, -0.05) is 53.5 Å². The molecule has 3 aromatic carbocycles. The molecule has 0 saturated carbocycles. The van der Waals surface area contributed by atoms with Gasteiger partial charge in [0.1, 0.15) is 11.4 Å². The Morgan fingerprint density at radius 1 is 1.00 bits per heavy atom. The lowest BCUT2D eigenvalue weighted by Gasteiger charge is -2.11. The molecule has 0 bridgehead atoms. The van der Waals surface area contributed by atoms with Crippen molar-refractivity contribution >= 4 is 46.8 Å². The van der Waals surface area contributed by atoms with Crippen LogP contribution in [0.4, 0.5) is 0 Å². The zero-order chi connectivity index (χ0) is 24.0. The summed E-state index contributed by atoms with van der Waals surface area (Å²) >= 11 is 12.1. The van der Waals surface area contributed by atoms with Crippen LogP contribution in [0.3, 0.4) is 0 Å². The van der Waals surface area contributed by atoms with Crippen molar-refractivity contribution in [2.45, 2.75) is 13.8 Å². The fraction of sp³-hybridized carbons (Fsp3) is 0.0800. The van der Waals surface area contributed by atoms with E-state index in [1.165, 1.54) is 12.1 Å². The van der Waals surface area contributed by atoms with Gasteiger partial charge in [-0.25, -0.2) is 5.43 Å². The Morgan fingerprint density at radius 2 is 1.67 bits per heavy atom. The molecule has 0 aromatic heterocycles. The number of hydrogen-bond acceptors (Lipinski definition) is 4. The van der Waals surface area contributed by atoms with Crippen molar-refractivity contribution in [1.82, 2.24) is 10.7 Å². The summed E-state index contributed by atoms with van der Waals surface area (Å²) in [5.74, 6) is -1.11. The summed E-state index contributed by atoms with van der Waals surface area (Å²) in [4.78, 5) is 25.5. The number of hydrazone groups is 1. The second kappa shape index (κ2) is 10.8. The Balaban J connectivity index is 1.87. The molecular formula is C25H21Cl2N3O3. The van der Waals surface area contributed by atoms with Crippen LogP contribution in [0.1, 0.15) is 34.0 Å². The molecule has 3 N–H and O–H groups in total. The van der Waals surface area contributed by atoms with Crippen LogP contribution in [-0.2, 0) is 4.79 Å². The molecule has 2 amide bonds. The Morgan fingerprint density at radius 3 is 2.33 bits per heavy atom. The molecule has 6 nitrogen and oxygen atoms in total. The van der Waals surface area contributed by atoms with Crippen LogP contribution in [0.2, 0.25) is 10.0 Å². The third-order valence-corrected chi connectivity index (χ3v) is 5.36. The number of carbonyl (C=O) groups is 2. The van der Waals surface area contributed by atoms with Crippen molar-refractivity contribution in [2.24, 2.45) is 5.10 Å². The highest BCUT2D eigenvalue weighted by molar-refractivity contribution is 6.32. The molecular weight excluding hydrogens is 461 g/mol. The van der Waals surface area contributed by atoms with E-state index in [9.17, 15) is 14.7 Å². The Hall–Kier alpha value is -3.61. The van der Waals surface area contributed by atoms with E-state index < -0.39 is 11.8 Å². The third-order valence-electron chi connectivity index (χ3n) is 4.70. The van der Waals surface area contributed by atoms with E-state index in [1.807, 2.05) is 0 Å². The first kappa shape index (κ1) is 24.0. The number of halogens is 2. The zero-order valence-electron chi connectivity index (χ0n) is 17.9. The van der Waals surface area contributed by atoms with Crippen molar-refractivity contribution in [3.8, 4) is 5.75 Å². The summed E-state index contributed by atoms with van der Waals surface area (Å²) in [6.07, 6.45) is 1.51. The summed E-state index contributed by atoms with van der Waals surface area (Å²) in [6.45, 7) is 3.38. The average Bonchev–Trinajstić information content (AvgIpc) is 2.81. The smallest absolute Gasteiger partial charge is 0.287 e. The predicted molar refractivity (Wildman–Crippen MR) is 132 cm³/mol. The molecule has 0 heterocycles. The van der Waals surface area contributed by atoms with E-state index >= 15 is 0 Å². The van der Waals surface area contributed by atoms with E-state index in [2.05, 4.69) is 15.8 Å². The van der Waals surface area contributed by atoms with Crippen molar-refractivity contribution in [3.63, 3.8) is 0 Å². The first-order valence-electron chi connectivity index (χ1n) is 9.92. The summed E-state index contributed by atoms with van der Waals surface area (Å²) < 4.78 is 0. The quantitative estimate of drug-likeness (QED) is 0.252. The van der Waals surface area contributed by atoms with E-state index in [0.717, 1.165) is 0 Å². The molecule has 0 unspecified atom stereocenters. The maximum atomic E-state index is 12.9. The monoisotopic (exact) mass is 481 g/mol. The van der Waals surface area contributed by atoms with Crippen molar-refractivity contribution in [3.05, 3.63) is 105 Å². The lowest BCUT2D eigenvalue weighted by molar-refractivity contribution is -0.117. The maximum Gasteiger partial charge on any atom is 0.287 e. The number of phenolic OH excluding ortho intramolecular Hbond substituents is 1. The highest BCUT2D eigenvalue weighted by Gasteiger charge is 2.15. The van der Waals surface area contributed by atoms with Crippen LogP contribution in [0.15, 0.2) is 77.5 Å². The van der Waals surface area contributed by atoms with Gasteiger partial charge in [-0.3, -0.25) is 9.59 Å². The third kappa shape index (κ3) is 6.44. The van der Waals surface area contributed by atoms with Gasteiger partial charge in [0.2, 0.25) is 0 Å².